The zero-order valence-corrected chi connectivity index (χ0v) is 12.5. The summed E-state index contributed by atoms with van der Waals surface area (Å²) >= 11 is 0. The summed E-state index contributed by atoms with van der Waals surface area (Å²) in [5, 5.41) is 18.6. The van der Waals surface area contributed by atoms with E-state index in [1.165, 1.54) is 0 Å². The van der Waals surface area contributed by atoms with Crippen LogP contribution in [-0.2, 0) is 0 Å². The minimum absolute atomic E-state index is 0.00845. The van der Waals surface area contributed by atoms with E-state index in [9.17, 15) is 15.3 Å². The Labute approximate surface area is 132 Å². The Morgan fingerprint density at radius 2 is 1.78 bits per heavy atom. The quantitative estimate of drug-likeness (QED) is 0.819. The Bertz CT molecular complexity index is 870. The van der Waals surface area contributed by atoms with Gasteiger partial charge in [0.1, 0.15) is 34.8 Å². The largest absolute Gasteiger partial charge is 0.494 e. The highest BCUT2D eigenvalue weighted by molar-refractivity contribution is 5.80. The maximum atomic E-state index is 12.1. The van der Waals surface area contributed by atoms with Gasteiger partial charge in [0.15, 0.2) is 0 Å². The zero-order valence-electron chi connectivity index (χ0n) is 12.5. The molecule has 2 aromatic rings. The van der Waals surface area contributed by atoms with E-state index in [1.807, 2.05) is 13.0 Å². The topological polar surface area (TPSA) is 131 Å². The van der Waals surface area contributed by atoms with E-state index in [1.54, 1.807) is 30.3 Å². The van der Waals surface area contributed by atoms with Gasteiger partial charge >= 0.3 is 0 Å². The fraction of sp³-hybridized carbons (Fsp3) is 0.188. The highest BCUT2D eigenvalue weighted by Crippen LogP contribution is 2.29. The summed E-state index contributed by atoms with van der Waals surface area (Å²) in [4.78, 5) is 12.1. The number of nitrogens with two attached hydrogens (primary N) is 2. The lowest BCUT2D eigenvalue weighted by Gasteiger charge is -2.12. The Morgan fingerprint density at radius 3 is 2.30 bits per heavy atom. The summed E-state index contributed by atoms with van der Waals surface area (Å²) in [7, 11) is 0. The van der Waals surface area contributed by atoms with Crippen molar-refractivity contribution < 1.29 is 4.74 Å². The first-order chi connectivity index (χ1) is 11.0. The van der Waals surface area contributed by atoms with Crippen molar-refractivity contribution in [3.8, 4) is 29.0 Å². The maximum absolute atomic E-state index is 12.1. The number of rotatable bonds is 4. The van der Waals surface area contributed by atoms with Crippen molar-refractivity contribution in [1.29, 1.82) is 10.5 Å². The summed E-state index contributed by atoms with van der Waals surface area (Å²) in [6.07, 6.45) is 0.879. The molecule has 1 aromatic carbocycles. The molecule has 0 aliphatic rings. The number of nitriles is 2. The molecule has 116 valence electrons. The van der Waals surface area contributed by atoms with Gasteiger partial charge in [0.05, 0.1) is 6.61 Å². The third kappa shape index (κ3) is 2.81. The van der Waals surface area contributed by atoms with Crippen molar-refractivity contribution in [1.82, 2.24) is 4.68 Å². The van der Waals surface area contributed by atoms with Gasteiger partial charge in [-0.05, 0) is 24.1 Å². The smallest absolute Gasteiger partial charge is 0.289 e. The number of anilines is 1. The third-order valence-corrected chi connectivity index (χ3v) is 3.29. The van der Waals surface area contributed by atoms with Crippen LogP contribution in [0.15, 0.2) is 29.1 Å². The lowest BCUT2D eigenvalue weighted by molar-refractivity contribution is 0.317. The van der Waals surface area contributed by atoms with Gasteiger partial charge in [0.2, 0.25) is 0 Å². The van der Waals surface area contributed by atoms with Crippen molar-refractivity contribution >= 4 is 5.82 Å². The predicted molar refractivity (Wildman–Crippen MR) is 85.9 cm³/mol. The molecule has 0 fully saturated rings. The Balaban J connectivity index is 2.66. The SMILES string of the molecule is CCCOc1ccc(-c2c(C#N)c(N)n(N)c(=O)c2C#N)cc1. The van der Waals surface area contributed by atoms with Gasteiger partial charge in [0, 0.05) is 5.56 Å². The van der Waals surface area contributed by atoms with Crippen LogP contribution >= 0.6 is 0 Å². The highest BCUT2D eigenvalue weighted by atomic mass is 16.5. The molecule has 0 bridgehead atoms. The number of hydrogen-bond donors (Lipinski definition) is 2. The second-order valence-electron chi connectivity index (χ2n) is 4.78. The molecule has 1 aromatic heterocycles. The fourth-order valence-electron chi connectivity index (χ4n) is 2.15. The summed E-state index contributed by atoms with van der Waals surface area (Å²) in [6, 6.07) is 10.5. The van der Waals surface area contributed by atoms with E-state index >= 15 is 0 Å². The van der Waals surface area contributed by atoms with E-state index < -0.39 is 5.56 Å². The molecule has 0 atom stereocenters. The molecule has 7 heteroatoms. The minimum atomic E-state index is -0.745. The van der Waals surface area contributed by atoms with Gasteiger partial charge in [-0.1, -0.05) is 19.1 Å². The average Bonchev–Trinajstić information content (AvgIpc) is 2.58. The molecule has 0 aliphatic carbocycles. The van der Waals surface area contributed by atoms with Crippen molar-refractivity contribution in [2.75, 3.05) is 18.2 Å². The first-order valence-electron chi connectivity index (χ1n) is 6.92. The van der Waals surface area contributed by atoms with Crippen LogP contribution in [0.25, 0.3) is 11.1 Å². The van der Waals surface area contributed by atoms with E-state index in [0.717, 1.165) is 6.42 Å². The number of aromatic nitrogens is 1. The van der Waals surface area contributed by atoms with Crippen LogP contribution in [0.1, 0.15) is 24.5 Å². The predicted octanol–water partition coefficient (Wildman–Crippen LogP) is 1.34. The molecule has 0 spiro atoms. The third-order valence-electron chi connectivity index (χ3n) is 3.29. The van der Waals surface area contributed by atoms with E-state index in [0.29, 0.717) is 22.6 Å². The van der Waals surface area contributed by atoms with E-state index in [-0.39, 0.29) is 22.5 Å². The van der Waals surface area contributed by atoms with Gasteiger partial charge in [0.25, 0.3) is 5.56 Å². The lowest BCUT2D eigenvalue weighted by Crippen LogP contribution is -2.33. The summed E-state index contributed by atoms with van der Waals surface area (Å²) in [5.41, 5.74) is 5.46. The van der Waals surface area contributed by atoms with Gasteiger partial charge in [-0.2, -0.15) is 10.5 Å². The molecule has 2 rings (SSSR count). The summed E-state index contributed by atoms with van der Waals surface area (Å²) in [5.74, 6) is 5.99. The molecule has 0 saturated carbocycles. The molecular formula is C16H15N5O2. The van der Waals surface area contributed by atoms with Gasteiger partial charge in [-0.25, -0.2) is 4.68 Å². The van der Waals surface area contributed by atoms with Crippen LogP contribution in [0.5, 0.6) is 5.75 Å². The van der Waals surface area contributed by atoms with Crippen LogP contribution in [0.3, 0.4) is 0 Å². The van der Waals surface area contributed by atoms with Crippen LogP contribution in [0, 0.1) is 22.7 Å². The monoisotopic (exact) mass is 309 g/mol. The van der Waals surface area contributed by atoms with Gasteiger partial charge in [-0.3, -0.25) is 4.79 Å². The molecule has 1 heterocycles. The molecular weight excluding hydrogens is 294 g/mol. The van der Waals surface area contributed by atoms with Crippen LogP contribution in [0.2, 0.25) is 0 Å². The molecule has 0 amide bonds. The van der Waals surface area contributed by atoms with Crippen molar-refractivity contribution in [2.24, 2.45) is 0 Å². The standard InChI is InChI=1S/C16H15N5O2/c1-2-7-23-11-5-3-10(4-6-11)14-12(8-17)15(19)21(20)16(22)13(14)9-18/h3-6H,2,7,19-20H2,1H3. The fourth-order valence-corrected chi connectivity index (χ4v) is 2.15. The second kappa shape index (κ2) is 6.54. The number of pyridine rings is 1. The molecule has 0 radical (unpaired) electrons. The first kappa shape index (κ1) is 15.9. The molecule has 23 heavy (non-hydrogen) atoms. The first-order valence-corrected chi connectivity index (χ1v) is 6.92. The Kier molecular flexibility index (Phi) is 4.53. The average molecular weight is 309 g/mol. The molecule has 0 saturated heterocycles. The van der Waals surface area contributed by atoms with Crippen LogP contribution in [0.4, 0.5) is 5.82 Å². The molecule has 4 N–H and O–H groups in total. The van der Waals surface area contributed by atoms with Crippen LogP contribution in [-0.4, -0.2) is 11.3 Å². The summed E-state index contributed by atoms with van der Waals surface area (Å²) < 4.78 is 6.10. The van der Waals surface area contributed by atoms with Gasteiger partial charge in [-0.15, -0.1) is 0 Å². The van der Waals surface area contributed by atoms with Crippen molar-refractivity contribution in [3.05, 3.63) is 45.7 Å². The molecule has 7 nitrogen and oxygen atoms in total. The number of hydrogen-bond acceptors (Lipinski definition) is 6. The molecule has 0 aliphatic heterocycles. The normalized spacial score (nSPS) is 9.87. The number of ether oxygens (including phenoxy) is 1. The summed E-state index contributed by atoms with van der Waals surface area (Å²) in [6.45, 7) is 2.58. The number of nitrogen functional groups attached to an aromatic ring is 2. The Morgan fingerprint density at radius 1 is 1.17 bits per heavy atom. The number of benzene rings is 1. The minimum Gasteiger partial charge on any atom is -0.494 e. The van der Waals surface area contributed by atoms with Gasteiger partial charge < -0.3 is 16.3 Å². The Hall–Kier alpha value is -3.45. The maximum Gasteiger partial charge on any atom is 0.289 e. The zero-order chi connectivity index (χ0) is 17.0. The number of nitrogens with zero attached hydrogens (tertiary/aromatic N) is 3. The van der Waals surface area contributed by atoms with Crippen LogP contribution < -0.4 is 21.9 Å². The van der Waals surface area contributed by atoms with Crippen molar-refractivity contribution in [3.63, 3.8) is 0 Å². The highest BCUT2D eigenvalue weighted by Gasteiger charge is 2.20. The van der Waals surface area contributed by atoms with E-state index in [4.69, 9.17) is 16.3 Å². The van der Waals surface area contributed by atoms with Crippen molar-refractivity contribution in [2.45, 2.75) is 13.3 Å². The lowest BCUT2D eigenvalue weighted by atomic mass is 9.96. The van der Waals surface area contributed by atoms with E-state index in [2.05, 4.69) is 0 Å². The second-order valence-corrected chi connectivity index (χ2v) is 4.78. The molecule has 0 unspecified atom stereocenters.